The summed E-state index contributed by atoms with van der Waals surface area (Å²) in [5.41, 5.74) is -0.800. The lowest BCUT2D eigenvalue weighted by molar-refractivity contribution is -0.385. The van der Waals surface area contributed by atoms with Gasteiger partial charge in [-0.25, -0.2) is 14.8 Å². The maximum atomic E-state index is 12.3. The third-order valence-corrected chi connectivity index (χ3v) is 4.15. The van der Waals surface area contributed by atoms with Gasteiger partial charge in [0, 0.05) is 6.07 Å². The molecule has 0 aliphatic rings. The zero-order valence-corrected chi connectivity index (χ0v) is 15.9. The first-order valence-electron chi connectivity index (χ1n) is 8.63. The minimum atomic E-state index is -0.961. The number of aromatic hydroxyl groups is 1. The van der Waals surface area contributed by atoms with Crippen molar-refractivity contribution in [3.63, 3.8) is 0 Å². The number of nitro groups is 1. The number of aromatic nitrogens is 2. The molecule has 12 heteroatoms. The van der Waals surface area contributed by atoms with Gasteiger partial charge in [-0.05, 0) is 18.2 Å². The van der Waals surface area contributed by atoms with Gasteiger partial charge in [0.15, 0.2) is 0 Å². The number of carbonyl (C=O) groups excluding carboxylic acids is 1. The van der Waals surface area contributed by atoms with Crippen molar-refractivity contribution in [3.8, 4) is 17.3 Å². The molecule has 0 bridgehead atoms. The van der Waals surface area contributed by atoms with E-state index < -0.39 is 39.2 Å². The Morgan fingerprint density at radius 1 is 1.23 bits per heavy atom. The Morgan fingerprint density at radius 3 is 2.61 bits per heavy atom. The highest BCUT2D eigenvalue weighted by molar-refractivity contribution is 5.98. The van der Waals surface area contributed by atoms with Gasteiger partial charge in [0.25, 0.3) is 17.2 Å². The maximum Gasteiger partial charge on any atom is 0.335 e. The molecule has 3 aromatic rings. The Morgan fingerprint density at radius 2 is 1.90 bits per heavy atom. The zero-order valence-electron chi connectivity index (χ0n) is 15.9. The number of rotatable bonds is 6. The molecule has 1 aromatic heterocycles. The Kier molecular flexibility index (Phi) is 5.91. The Hall–Kier alpha value is -4.74. The van der Waals surface area contributed by atoms with Crippen LogP contribution in [0.5, 0.6) is 11.6 Å². The van der Waals surface area contributed by atoms with Crippen LogP contribution in [0.4, 0.5) is 5.69 Å². The minimum Gasteiger partial charge on any atom is -0.495 e. The van der Waals surface area contributed by atoms with Gasteiger partial charge in [-0.3, -0.25) is 24.7 Å². The number of hydrazone groups is 1. The monoisotopic (exact) mass is 425 g/mol. The van der Waals surface area contributed by atoms with Crippen LogP contribution in [0, 0.1) is 10.1 Å². The molecule has 0 unspecified atom stereocenters. The highest BCUT2D eigenvalue weighted by atomic mass is 16.6. The number of ether oxygens (including phenoxy) is 1. The van der Waals surface area contributed by atoms with Gasteiger partial charge in [-0.15, -0.1) is 0 Å². The minimum absolute atomic E-state index is 0.155. The number of para-hydroxylation sites is 3. The van der Waals surface area contributed by atoms with Gasteiger partial charge in [-0.2, -0.15) is 5.10 Å². The first-order valence-corrected chi connectivity index (χ1v) is 8.63. The quantitative estimate of drug-likeness (QED) is 0.299. The van der Waals surface area contributed by atoms with Crippen molar-refractivity contribution in [2.45, 2.75) is 0 Å². The lowest BCUT2D eigenvalue weighted by Gasteiger charge is -2.12. The number of carbonyl (C=O) groups is 1. The number of hydrogen-bond acceptors (Lipinski definition) is 8. The molecule has 158 valence electrons. The number of H-pyrrole nitrogens is 1. The molecule has 0 fully saturated rings. The molecule has 12 nitrogen and oxygen atoms in total. The number of nitrogens with one attached hydrogen (secondary N) is 2. The summed E-state index contributed by atoms with van der Waals surface area (Å²) in [6.45, 7) is 0. The lowest BCUT2D eigenvalue weighted by Crippen LogP contribution is -2.31. The lowest BCUT2D eigenvalue weighted by atomic mass is 10.2. The van der Waals surface area contributed by atoms with Crippen LogP contribution in [-0.2, 0) is 0 Å². The second kappa shape index (κ2) is 8.73. The largest absolute Gasteiger partial charge is 0.495 e. The smallest absolute Gasteiger partial charge is 0.335 e. The van der Waals surface area contributed by atoms with Gasteiger partial charge in [-0.1, -0.05) is 24.3 Å². The standard InChI is InChI=1S/C19H15N5O7/c1-31-15-9-5-4-8-14(15)23-18(27)12(16(25)21-19(23)28)10-20-22-17(26)11-6-2-3-7-13(11)24(29)30/h2-10,27H,1H3,(H,22,26)(H,21,25,28). The fourth-order valence-electron chi connectivity index (χ4n) is 2.73. The molecule has 0 atom stereocenters. The molecule has 1 heterocycles. The van der Waals surface area contributed by atoms with E-state index in [1.807, 2.05) is 10.4 Å². The predicted molar refractivity (Wildman–Crippen MR) is 109 cm³/mol. The van der Waals surface area contributed by atoms with E-state index in [0.29, 0.717) is 0 Å². The van der Waals surface area contributed by atoms with E-state index in [1.165, 1.54) is 31.4 Å². The predicted octanol–water partition coefficient (Wildman–Crippen LogP) is 0.912. The molecule has 0 aliphatic heterocycles. The van der Waals surface area contributed by atoms with Gasteiger partial charge < -0.3 is 9.84 Å². The summed E-state index contributed by atoms with van der Waals surface area (Å²) in [4.78, 5) is 48.9. The average molecular weight is 425 g/mol. The van der Waals surface area contributed by atoms with Gasteiger partial charge in [0.2, 0.25) is 5.88 Å². The molecular weight excluding hydrogens is 410 g/mol. The average Bonchev–Trinajstić information content (AvgIpc) is 2.76. The van der Waals surface area contributed by atoms with Crippen LogP contribution in [0.3, 0.4) is 0 Å². The topological polar surface area (TPSA) is 169 Å². The SMILES string of the molecule is COc1ccccc1-n1c(O)c(C=NNC(=O)c2ccccc2[N+](=O)[O-])c(=O)[nH]c1=O. The molecular formula is C19H15N5O7. The van der Waals surface area contributed by atoms with Crippen molar-refractivity contribution >= 4 is 17.8 Å². The molecule has 0 radical (unpaired) electrons. The molecule has 2 aromatic carbocycles. The van der Waals surface area contributed by atoms with E-state index in [9.17, 15) is 29.6 Å². The molecule has 3 N–H and O–H groups in total. The van der Waals surface area contributed by atoms with E-state index >= 15 is 0 Å². The van der Waals surface area contributed by atoms with Crippen LogP contribution in [0.15, 0.2) is 63.2 Å². The summed E-state index contributed by atoms with van der Waals surface area (Å²) < 4.78 is 5.96. The maximum absolute atomic E-state index is 12.3. The van der Waals surface area contributed by atoms with Crippen LogP contribution in [0.2, 0.25) is 0 Å². The van der Waals surface area contributed by atoms with E-state index in [-0.39, 0.29) is 17.0 Å². The number of methoxy groups -OCH3 is 1. The summed E-state index contributed by atoms with van der Waals surface area (Å²) in [5.74, 6) is -1.40. The second-order valence-corrected chi connectivity index (χ2v) is 5.98. The summed E-state index contributed by atoms with van der Waals surface area (Å²) in [5, 5.41) is 25.1. The number of nitrogens with zero attached hydrogens (tertiary/aromatic N) is 3. The highest BCUT2D eigenvalue weighted by Gasteiger charge is 2.19. The van der Waals surface area contributed by atoms with Crippen LogP contribution in [0.25, 0.3) is 5.69 Å². The molecule has 1 amide bonds. The zero-order chi connectivity index (χ0) is 22.5. The van der Waals surface area contributed by atoms with Gasteiger partial charge >= 0.3 is 5.69 Å². The van der Waals surface area contributed by atoms with Gasteiger partial charge in [0.05, 0.1) is 23.9 Å². The molecule has 0 saturated heterocycles. The summed E-state index contributed by atoms with van der Waals surface area (Å²) in [6.07, 6.45) is 0.812. The third-order valence-electron chi connectivity index (χ3n) is 4.15. The fraction of sp³-hybridized carbons (Fsp3) is 0.0526. The summed E-state index contributed by atoms with van der Waals surface area (Å²) in [6, 6.07) is 11.5. The number of nitro benzene ring substituents is 1. The number of amides is 1. The summed E-state index contributed by atoms with van der Waals surface area (Å²) >= 11 is 0. The highest BCUT2D eigenvalue weighted by Crippen LogP contribution is 2.24. The van der Waals surface area contributed by atoms with E-state index in [0.717, 1.165) is 16.8 Å². The van der Waals surface area contributed by atoms with Crippen LogP contribution < -0.4 is 21.4 Å². The molecule has 0 aliphatic carbocycles. The fourth-order valence-corrected chi connectivity index (χ4v) is 2.73. The molecule has 31 heavy (non-hydrogen) atoms. The molecule has 3 rings (SSSR count). The Bertz CT molecular complexity index is 1310. The number of benzene rings is 2. The Balaban J connectivity index is 1.97. The second-order valence-electron chi connectivity index (χ2n) is 5.98. The van der Waals surface area contributed by atoms with Crippen molar-refractivity contribution in [1.29, 1.82) is 0 Å². The van der Waals surface area contributed by atoms with Crippen molar-refractivity contribution < 1.29 is 19.6 Å². The third kappa shape index (κ3) is 4.17. The molecule has 0 saturated carbocycles. The van der Waals surface area contributed by atoms with Crippen LogP contribution >= 0.6 is 0 Å². The van der Waals surface area contributed by atoms with E-state index in [4.69, 9.17) is 4.74 Å². The summed E-state index contributed by atoms with van der Waals surface area (Å²) in [7, 11) is 1.37. The van der Waals surface area contributed by atoms with Crippen molar-refractivity contribution in [2.75, 3.05) is 7.11 Å². The number of aromatic amines is 1. The van der Waals surface area contributed by atoms with Gasteiger partial charge in [0.1, 0.15) is 16.9 Å². The van der Waals surface area contributed by atoms with E-state index in [1.54, 1.807) is 18.2 Å². The number of hydrogen-bond donors (Lipinski definition) is 3. The normalized spacial score (nSPS) is 10.7. The van der Waals surface area contributed by atoms with Crippen molar-refractivity contribution in [1.82, 2.24) is 15.0 Å². The van der Waals surface area contributed by atoms with Crippen molar-refractivity contribution in [3.05, 3.63) is 90.6 Å². The van der Waals surface area contributed by atoms with Crippen LogP contribution in [0.1, 0.15) is 15.9 Å². The first kappa shape index (κ1) is 21.0. The van der Waals surface area contributed by atoms with Crippen molar-refractivity contribution in [2.24, 2.45) is 5.10 Å². The van der Waals surface area contributed by atoms with E-state index in [2.05, 4.69) is 5.10 Å². The Labute approximate surface area is 173 Å². The van der Waals surface area contributed by atoms with Crippen LogP contribution in [-0.4, -0.2) is 38.8 Å². The first-order chi connectivity index (χ1) is 14.8. The molecule has 0 spiro atoms.